The summed E-state index contributed by atoms with van der Waals surface area (Å²) in [4.78, 5) is 22.8. The molecule has 0 radical (unpaired) electrons. The number of rotatable bonds is 5. The van der Waals surface area contributed by atoms with E-state index in [-0.39, 0.29) is 23.1 Å². The highest BCUT2D eigenvalue weighted by atomic mass is 16.6. The van der Waals surface area contributed by atoms with E-state index in [2.05, 4.69) is 25.2 Å². The zero-order chi connectivity index (χ0) is 21.4. The Morgan fingerprint density at radius 3 is 2.60 bits per heavy atom. The first-order valence-electron chi connectivity index (χ1n) is 8.89. The standard InChI is InChI=1S/C17H19N7O6/c1-29-8-4-2-7(3-5-8)22-23-17-19-10-13(20-16(18)21-14(10)28)24(17)15-12(27)11(26)9(6-25)30-15/h2-5,9,11-12,15,25-27H,6H2,1H3,(H3,18,20,21,28)/b23-22+/t9-,11?,12?,15-/m1/s1. The molecule has 0 amide bonds. The van der Waals surface area contributed by atoms with Crippen LogP contribution in [-0.2, 0) is 4.74 Å². The minimum absolute atomic E-state index is 0.0187. The molecule has 1 aliphatic heterocycles. The minimum atomic E-state index is -1.45. The van der Waals surface area contributed by atoms with Gasteiger partial charge in [0.1, 0.15) is 24.1 Å². The van der Waals surface area contributed by atoms with Crippen molar-refractivity contribution in [1.82, 2.24) is 19.5 Å². The average Bonchev–Trinajstić information content (AvgIpc) is 3.24. The topological polar surface area (TPSA) is 193 Å². The van der Waals surface area contributed by atoms with Gasteiger partial charge in [-0.15, -0.1) is 10.2 Å². The lowest BCUT2D eigenvalue weighted by Gasteiger charge is -2.17. The van der Waals surface area contributed by atoms with E-state index in [1.54, 1.807) is 24.3 Å². The number of fused-ring (bicyclic) bond motifs is 1. The molecule has 30 heavy (non-hydrogen) atoms. The number of benzene rings is 1. The van der Waals surface area contributed by atoms with E-state index in [9.17, 15) is 20.1 Å². The number of nitrogens with one attached hydrogen (secondary N) is 1. The zero-order valence-electron chi connectivity index (χ0n) is 15.7. The summed E-state index contributed by atoms with van der Waals surface area (Å²) in [6, 6.07) is 6.70. The van der Waals surface area contributed by atoms with E-state index in [1.165, 1.54) is 11.7 Å². The smallest absolute Gasteiger partial charge is 0.280 e. The van der Waals surface area contributed by atoms with Gasteiger partial charge in [0, 0.05) is 0 Å². The molecule has 4 atom stereocenters. The van der Waals surface area contributed by atoms with Crippen LogP contribution < -0.4 is 16.0 Å². The molecule has 1 saturated heterocycles. The minimum Gasteiger partial charge on any atom is -0.497 e. The first kappa shape index (κ1) is 19.9. The van der Waals surface area contributed by atoms with Gasteiger partial charge in [-0.25, -0.2) is 4.98 Å². The number of ether oxygens (including phenoxy) is 2. The highest BCUT2D eigenvalue weighted by Gasteiger charge is 2.45. The maximum absolute atomic E-state index is 12.3. The summed E-state index contributed by atoms with van der Waals surface area (Å²) >= 11 is 0. The van der Waals surface area contributed by atoms with Crippen molar-refractivity contribution in [3.05, 3.63) is 34.6 Å². The Kier molecular flexibility index (Phi) is 5.17. The van der Waals surface area contributed by atoms with Crippen LogP contribution in [0.5, 0.6) is 5.75 Å². The third kappa shape index (κ3) is 3.39. The van der Waals surface area contributed by atoms with Crippen molar-refractivity contribution in [1.29, 1.82) is 0 Å². The maximum atomic E-state index is 12.3. The molecule has 1 fully saturated rings. The van der Waals surface area contributed by atoms with E-state index >= 15 is 0 Å². The van der Waals surface area contributed by atoms with Crippen molar-refractivity contribution >= 4 is 28.7 Å². The summed E-state index contributed by atoms with van der Waals surface area (Å²) in [5.74, 6) is 0.345. The van der Waals surface area contributed by atoms with Crippen molar-refractivity contribution < 1.29 is 24.8 Å². The molecule has 158 valence electrons. The molecule has 3 heterocycles. The highest BCUT2D eigenvalue weighted by Crippen LogP contribution is 2.35. The molecule has 1 aromatic carbocycles. The van der Waals surface area contributed by atoms with E-state index in [1.807, 2.05) is 0 Å². The van der Waals surface area contributed by atoms with Crippen LogP contribution in [0, 0.1) is 0 Å². The van der Waals surface area contributed by atoms with Crippen molar-refractivity contribution in [3.63, 3.8) is 0 Å². The number of aromatic amines is 1. The molecule has 0 bridgehead atoms. The molecule has 3 aromatic rings. The number of aromatic nitrogens is 4. The molecule has 0 aliphatic carbocycles. The SMILES string of the molecule is COc1ccc(/N=N/c2nc3c(=O)[nH]c(N)nc3n2[C@@H]2O[C@H](CO)C(O)C2O)cc1. The third-order valence-corrected chi connectivity index (χ3v) is 4.65. The third-order valence-electron chi connectivity index (χ3n) is 4.65. The Balaban J connectivity index is 1.82. The number of aliphatic hydroxyl groups excluding tert-OH is 3. The van der Waals surface area contributed by atoms with Gasteiger partial charge in [-0.3, -0.25) is 14.3 Å². The number of H-pyrrole nitrogens is 1. The van der Waals surface area contributed by atoms with Gasteiger partial charge in [-0.2, -0.15) is 4.98 Å². The second kappa shape index (κ2) is 7.79. The van der Waals surface area contributed by atoms with Crippen LogP contribution in [0.3, 0.4) is 0 Å². The largest absolute Gasteiger partial charge is 0.497 e. The molecule has 13 nitrogen and oxygen atoms in total. The number of methoxy groups -OCH3 is 1. The first-order valence-corrected chi connectivity index (χ1v) is 8.89. The lowest BCUT2D eigenvalue weighted by Crippen LogP contribution is -2.33. The normalized spacial score (nSPS) is 24.1. The molecule has 13 heteroatoms. The lowest BCUT2D eigenvalue weighted by atomic mass is 10.1. The van der Waals surface area contributed by atoms with E-state index in [0.717, 1.165) is 0 Å². The second-order valence-electron chi connectivity index (χ2n) is 6.53. The Morgan fingerprint density at radius 2 is 1.97 bits per heavy atom. The summed E-state index contributed by atoms with van der Waals surface area (Å²) in [5, 5.41) is 38.1. The van der Waals surface area contributed by atoms with Crippen molar-refractivity contribution in [2.75, 3.05) is 19.5 Å². The molecule has 0 spiro atoms. The number of anilines is 1. The number of nitrogens with zero attached hydrogens (tertiary/aromatic N) is 5. The fourth-order valence-electron chi connectivity index (χ4n) is 3.14. The molecule has 0 saturated carbocycles. The number of hydrogen-bond donors (Lipinski definition) is 5. The predicted molar refractivity (Wildman–Crippen MR) is 103 cm³/mol. The van der Waals surface area contributed by atoms with Crippen molar-refractivity contribution in [3.8, 4) is 5.75 Å². The summed E-state index contributed by atoms with van der Waals surface area (Å²) in [5.41, 5.74) is 5.37. The number of hydrogen-bond acceptors (Lipinski definition) is 11. The number of azo groups is 1. The highest BCUT2D eigenvalue weighted by molar-refractivity contribution is 5.74. The van der Waals surface area contributed by atoms with Crippen LogP contribution in [0.4, 0.5) is 17.6 Å². The van der Waals surface area contributed by atoms with E-state index in [4.69, 9.17) is 15.2 Å². The molecule has 1 aliphatic rings. The van der Waals surface area contributed by atoms with Crippen LogP contribution in [0.15, 0.2) is 39.3 Å². The molecule has 4 rings (SSSR count). The first-order chi connectivity index (χ1) is 14.4. The number of imidazole rings is 1. The summed E-state index contributed by atoms with van der Waals surface area (Å²) in [7, 11) is 1.54. The Morgan fingerprint density at radius 1 is 1.23 bits per heavy atom. The fraction of sp³-hybridized carbons (Fsp3) is 0.353. The zero-order valence-corrected chi connectivity index (χ0v) is 15.7. The van der Waals surface area contributed by atoms with Gasteiger partial charge in [-0.05, 0) is 24.3 Å². The predicted octanol–water partition coefficient (Wildman–Crippen LogP) is -0.263. The second-order valence-corrected chi connectivity index (χ2v) is 6.53. The Bertz CT molecular complexity index is 1140. The van der Waals surface area contributed by atoms with Gasteiger partial charge in [0.15, 0.2) is 17.4 Å². The number of nitrogen functional groups attached to an aromatic ring is 1. The Hall–Kier alpha value is -3.39. The van der Waals surface area contributed by atoms with Crippen LogP contribution in [0.1, 0.15) is 6.23 Å². The number of nitrogens with two attached hydrogens (primary N) is 1. The van der Waals surface area contributed by atoms with Gasteiger partial charge < -0.3 is 30.5 Å². The number of aliphatic hydroxyl groups is 3. The quantitative estimate of drug-likeness (QED) is 0.348. The fourth-order valence-corrected chi connectivity index (χ4v) is 3.14. The molecular weight excluding hydrogens is 398 g/mol. The maximum Gasteiger partial charge on any atom is 0.280 e. The Labute approximate surface area is 168 Å². The molecular formula is C17H19N7O6. The molecule has 2 aromatic heterocycles. The summed E-state index contributed by atoms with van der Waals surface area (Å²) in [6.07, 6.45) is -5.10. The van der Waals surface area contributed by atoms with Gasteiger partial charge >= 0.3 is 0 Å². The van der Waals surface area contributed by atoms with Crippen molar-refractivity contribution in [2.45, 2.75) is 24.5 Å². The summed E-state index contributed by atoms with van der Waals surface area (Å²) in [6.45, 7) is -0.528. The van der Waals surface area contributed by atoms with Crippen LogP contribution in [0.2, 0.25) is 0 Å². The summed E-state index contributed by atoms with van der Waals surface area (Å²) < 4.78 is 11.8. The van der Waals surface area contributed by atoms with E-state index < -0.39 is 36.7 Å². The van der Waals surface area contributed by atoms with E-state index in [0.29, 0.717) is 11.4 Å². The molecule has 6 N–H and O–H groups in total. The van der Waals surface area contributed by atoms with Crippen LogP contribution in [0.25, 0.3) is 11.2 Å². The van der Waals surface area contributed by atoms with Gasteiger partial charge in [0.05, 0.1) is 19.4 Å². The average molecular weight is 417 g/mol. The monoisotopic (exact) mass is 417 g/mol. The van der Waals surface area contributed by atoms with Crippen LogP contribution >= 0.6 is 0 Å². The van der Waals surface area contributed by atoms with Gasteiger partial charge in [-0.1, -0.05) is 0 Å². The van der Waals surface area contributed by atoms with Crippen LogP contribution in [-0.4, -0.2) is 66.9 Å². The van der Waals surface area contributed by atoms with Crippen molar-refractivity contribution in [2.24, 2.45) is 10.2 Å². The van der Waals surface area contributed by atoms with Gasteiger partial charge in [0.25, 0.3) is 11.5 Å². The van der Waals surface area contributed by atoms with Gasteiger partial charge in [0.2, 0.25) is 5.95 Å². The molecule has 2 unspecified atom stereocenters. The lowest BCUT2D eigenvalue weighted by molar-refractivity contribution is -0.0503.